The second kappa shape index (κ2) is 12.0. The maximum atomic E-state index is 15.4. The Labute approximate surface area is 252 Å². The van der Waals surface area contributed by atoms with E-state index in [-0.39, 0.29) is 60.9 Å². The van der Waals surface area contributed by atoms with Gasteiger partial charge in [0.2, 0.25) is 0 Å². The number of imidazole rings is 1. The Hall–Kier alpha value is -4.23. The highest BCUT2D eigenvalue weighted by molar-refractivity contribution is 5.68. The number of aromatic nitrogens is 4. The van der Waals surface area contributed by atoms with Crippen LogP contribution in [0.25, 0.3) is 16.8 Å². The van der Waals surface area contributed by atoms with Crippen molar-refractivity contribution < 1.29 is 27.4 Å². The molecule has 3 N–H and O–H groups in total. The molecular weight excluding hydrogens is 575 g/mol. The van der Waals surface area contributed by atoms with Crippen molar-refractivity contribution in [1.29, 1.82) is 0 Å². The molecule has 0 spiro atoms. The van der Waals surface area contributed by atoms with Crippen LogP contribution >= 0.6 is 0 Å². The monoisotopic (exact) mass is 609 g/mol. The molecule has 0 bridgehead atoms. The quantitative estimate of drug-likeness (QED) is 0.335. The molecule has 2 aliphatic heterocycles. The van der Waals surface area contributed by atoms with Crippen molar-refractivity contribution in [3.63, 3.8) is 0 Å². The van der Waals surface area contributed by atoms with Gasteiger partial charge in [0.1, 0.15) is 23.1 Å². The Morgan fingerprint density at radius 1 is 1.16 bits per heavy atom. The van der Waals surface area contributed by atoms with Gasteiger partial charge in [-0.05, 0) is 41.8 Å². The highest BCUT2D eigenvalue weighted by atomic mass is 19.1. The lowest BCUT2D eigenvalue weighted by atomic mass is 9.87. The van der Waals surface area contributed by atoms with Gasteiger partial charge in [0.25, 0.3) is 0 Å². The number of piperidine rings is 1. The number of anilines is 1. The van der Waals surface area contributed by atoms with Crippen LogP contribution in [-0.2, 0) is 21.6 Å². The SMILES string of the molecule is COC(=O)N[C@@H]1[C@H](N)CN(c2ccncc2Cc2ncc3ccc(-c4c(F)cc(C5(F)CCOCC5)cc4F)nn23)C[C@@H]1C. The lowest BCUT2D eigenvalue weighted by Gasteiger charge is -2.42. The van der Waals surface area contributed by atoms with E-state index in [1.54, 1.807) is 29.2 Å². The van der Waals surface area contributed by atoms with Crippen molar-refractivity contribution in [2.75, 3.05) is 38.3 Å². The van der Waals surface area contributed by atoms with Gasteiger partial charge in [0.05, 0.1) is 36.1 Å². The van der Waals surface area contributed by atoms with E-state index < -0.39 is 23.4 Å². The zero-order valence-corrected chi connectivity index (χ0v) is 24.5. The van der Waals surface area contributed by atoms with Crippen LogP contribution in [0.3, 0.4) is 0 Å². The number of carbonyl (C=O) groups is 1. The number of ether oxygens (including phenoxy) is 2. The third-order valence-corrected chi connectivity index (χ3v) is 8.61. The molecule has 3 atom stereocenters. The number of alkyl halides is 1. The smallest absolute Gasteiger partial charge is 0.407 e. The molecule has 44 heavy (non-hydrogen) atoms. The predicted octanol–water partition coefficient (Wildman–Crippen LogP) is 4.14. The van der Waals surface area contributed by atoms with Gasteiger partial charge in [-0.2, -0.15) is 5.10 Å². The molecule has 1 aromatic carbocycles. The van der Waals surface area contributed by atoms with Crippen LogP contribution in [0.4, 0.5) is 23.7 Å². The van der Waals surface area contributed by atoms with Crippen molar-refractivity contribution in [2.24, 2.45) is 11.7 Å². The highest BCUT2D eigenvalue weighted by Gasteiger charge is 2.36. The fourth-order valence-corrected chi connectivity index (χ4v) is 6.25. The van der Waals surface area contributed by atoms with Crippen LogP contribution in [0, 0.1) is 17.6 Å². The first-order valence-electron chi connectivity index (χ1n) is 14.5. The fourth-order valence-electron chi connectivity index (χ4n) is 6.25. The van der Waals surface area contributed by atoms with Crippen LogP contribution < -0.4 is 16.0 Å². The maximum absolute atomic E-state index is 15.4. The zero-order chi connectivity index (χ0) is 31.0. The summed E-state index contributed by atoms with van der Waals surface area (Å²) in [7, 11) is 1.32. The molecule has 2 fully saturated rings. The standard InChI is InChI=1S/C31H34F3N7O3/c1-18-16-40(17-24(35)29(18)38-30(42)43-2)26-5-8-36-14-19(26)11-27-37-15-21-3-4-25(39-41(21)27)28-22(32)12-20(13-23(28)33)31(34)6-9-44-10-7-31/h3-5,8,12-15,18,24,29H,6-7,9-11,16-17,35H2,1-2H3,(H,38,42)/t18-,24+,29-/m0/s1. The van der Waals surface area contributed by atoms with Crippen LogP contribution in [0.15, 0.2) is 48.9 Å². The maximum Gasteiger partial charge on any atom is 0.407 e. The number of nitrogens with zero attached hydrogens (tertiary/aromatic N) is 5. The van der Waals surface area contributed by atoms with Crippen LogP contribution in [0.5, 0.6) is 0 Å². The molecule has 5 heterocycles. The molecular formula is C31H34F3N7O3. The summed E-state index contributed by atoms with van der Waals surface area (Å²) in [5, 5.41) is 7.38. The Morgan fingerprint density at radius 3 is 2.61 bits per heavy atom. The third kappa shape index (κ3) is 5.69. The molecule has 0 unspecified atom stereocenters. The van der Waals surface area contributed by atoms with Gasteiger partial charge < -0.3 is 25.4 Å². The molecule has 0 saturated carbocycles. The number of alkyl carbamates (subject to hydrolysis) is 1. The molecule has 13 heteroatoms. The van der Waals surface area contributed by atoms with E-state index in [0.29, 0.717) is 30.9 Å². The summed E-state index contributed by atoms with van der Waals surface area (Å²) >= 11 is 0. The molecule has 1 amide bonds. The molecule has 0 radical (unpaired) electrons. The normalized spacial score (nSPS) is 21.8. The van der Waals surface area contributed by atoms with Gasteiger partial charge in [-0.3, -0.25) is 4.98 Å². The van der Waals surface area contributed by atoms with E-state index in [0.717, 1.165) is 23.4 Å². The summed E-state index contributed by atoms with van der Waals surface area (Å²) in [6.45, 7) is 3.52. The third-order valence-electron chi connectivity index (χ3n) is 8.61. The largest absolute Gasteiger partial charge is 0.453 e. The Bertz CT molecular complexity index is 1640. The number of carbonyl (C=O) groups excluding carboxylic acids is 1. The first kappa shape index (κ1) is 29.8. The first-order valence-corrected chi connectivity index (χ1v) is 14.5. The molecule has 4 aromatic rings. The zero-order valence-electron chi connectivity index (χ0n) is 24.5. The van der Waals surface area contributed by atoms with E-state index in [4.69, 9.17) is 15.2 Å². The van der Waals surface area contributed by atoms with Gasteiger partial charge in [-0.25, -0.2) is 27.5 Å². The van der Waals surface area contributed by atoms with Crippen molar-refractivity contribution in [1.82, 2.24) is 24.9 Å². The Morgan fingerprint density at radius 2 is 1.91 bits per heavy atom. The van der Waals surface area contributed by atoms with E-state index in [1.165, 1.54) is 13.2 Å². The minimum Gasteiger partial charge on any atom is -0.453 e. The molecule has 2 aliphatic rings. The van der Waals surface area contributed by atoms with Gasteiger partial charge in [-0.15, -0.1) is 0 Å². The van der Waals surface area contributed by atoms with Gasteiger partial charge in [0, 0.05) is 75.3 Å². The average molecular weight is 610 g/mol. The lowest BCUT2D eigenvalue weighted by Crippen LogP contribution is -2.62. The van der Waals surface area contributed by atoms with Crippen LogP contribution in [0.1, 0.15) is 36.7 Å². The average Bonchev–Trinajstić information content (AvgIpc) is 3.41. The van der Waals surface area contributed by atoms with Gasteiger partial charge in [0.15, 0.2) is 0 Å². The highest BCUT2D eigenvalue weighted by Crippen LogP contribution is 2.39. The number of benzene rings is 1. The van der Waals surface area contributed by atoms with E-state index in [1.807, 2.05) is 13.0 Å². The van der Waals surface area contributed by atoms with Crippen molar-refractivity contribution in [3.8, 4) is 11.3 Å². The van der Waals surface area contributed by atoms with Crippen molar-refractivity contribution >= 4 is 17.3 Å². The fraction of sp³-hybridized carbons (Fsp3) is 0.419. The summed E-state index contributed by atoms with van der Waals surface area (Å²) in [6.07, 6.45) is 4.97. The Kier molecular flexibility index (Phi) is 8.16. The molecule has 232 valence electrons. The number of fused-ring (bicyclic) bond motifs is 1. The van der Waals surface area contributed by atoms with Gasteiger partial charge in [-0.1, -0.05) is 6.92 Å². The molecule has 3 aromatic heterocycles. The first-order chi connectivity index (χ1) is 21.2. The summed E-state index contributed by atoms with van der Waals surface area (Å²) < 4.78 is 57.7. The Balaban J connectivity index is 1.28. The predicted molar refractivity (Wildman–Crippen MR) is 157 cm³/mol. The second-order valence-electron chi connectivity index (χ2n) is 11.5. The van der Waals surface area contributed by atoms with Crippen molar-refractivity contribution in [2.45, 2.75) is 43.9 Å². The number of hydrogen-bond donors (Lipinski definition) is 2. The molecule has 2 saturated heterocycles. The summed E-state index contributed by atoms with van der Waals surface area (Å²) in [5.41, 5.74) is 6.73. The minimum absolute atomic E-state index is 0.0326. The van der Waals surface area contributed by atoms with Crippen molar-refractivity contribution in [3.05, 3.63) is 77.5 Å². The number of hydrogen-bond acceptors (Lipinski definition) is 8. The number of nitrogens with two attached hydrogens (primary N) is 1. The van der Waals surface area contributed by atoms with E-state index in [9.17, 15) is 4.79 Å². The number of amides is 1. The lowest BCUT2D eigenvalue weighted by molar-refractivity contribution is -0.0117. The van der Waals surface area contributed by atoms with E-state index >= 15 is 13.2 Å². The van der Waals surface area contributed by atoms with Crippen LogP contribution in [-0.4, -0.2) is 71.2 Å². The second-order valence-corrected chi connectivity index (χ2v) is 11.5. The topological polar surface area (TPSA) is 120 Å². The van der Waals surface area contributed by atoms with Gasteiger partial charge >= 0.3 is 6.09 Å². The summed E-state index contributed by atoms with van der Waals surface area (Å²) in [4.78, 5) is 22.8. The number of pyridine rings is 1. The molecule has 6 rings (SSSR count). The molecule has 0 aliphatic carbocycles. The van der Waals surface area contributed by atoms with Crippen LogP contribution in [0.2, 0.25) is 0 Å². The number of methoxy groups -OCH3 is 1. The summed E-state index contributed by atoms with van der Waals surface area (Å²) in [6, 6.07) is 6.64. The minimum atomic E-state index is -1.84. The summed E-state index contributed by atoms with van der Waals surface area (Å²) in [5.74, 6) is -1.20. The molecule has 10 nitrogen and oxygen atoms in total. The van der Waals surface area contributed by atoms with E-state index in [2.05, 4.69) is 25.3 Å². The number of nitrogens with one attached hydrogen (secondary N) is 1. The number of halogens is 3. The number of rotatable bonds is 6.